The van der Waals surface area contributed by atoms with Crippen LogP contribution in [-0.2, 0) is 19.1 Å². The zero-order valence-electron chi connectivity index (χ0n) is 23.2. The molecular formula is C30H35NO8. The average Bonchev–Trinajstić information content (AvgIpc) is 2.95. The third-order valence-corrected chi connectivity index (χ3v) is 7.32. The molecule has 0 fully saturated rings. The molecule has 9 nitrogen and oxygen atoms in total. The highest BCUT2D eigenvalue weighted by molar-refractivity contribution is 6.09. The summed E-state index contributed by atoms with van der Waals surface area (Å²) in [6.45, 7) is 2.17. The number of carbonyl (C=O) groups excluding carboxylic acids is 2. The normalized spacial score (nSPS) is 20.6. The molecule has 9 heteroatoms. The fourth-order valence-electron chi connectivity index (χ4n) is 5.52. The predicted octanol–water partition coefficient (Wildman–Crippen LogP) is 4.49. The minimum absolute atomic E-state index is 0.0724. The topological polar surface area (TPSA) is 102 Å². The van der Waals surface area contributed by atoms with Gasteiger partial charge in [0.2, 0.25) is 0 Å². The molecule has 3 atom stereocenters. The Labute approximate surface area is 228 Å². The van der Waals surface area contributed by atoms with Gasteiger partial charge in [0, 0.05) is 42.0 Å². The van der Waals surface area contributed by atoms with Crippen molar-refractivity contribution >= 4 is 17.5 Å². The van der Waals surface area contributed by atoms with Gasteiger partial charge >= 0.3 is 5.97 Å². The second-order valence-electron chi connectivity index (χ2n) is 9.45. The molecule has 0 saturated carbocycles. The standard InChI is InChI=1S/C30H35NO8/c1-17-26(30(33)39-13-12-34-2)27(20-8-7-9-24(36-4)29(20)38-6)28-21(31-17)14-19(15-22(28)32)18-10-11-23(35-3)25(16-18)37-5/h7-11,16,19,26-27H,12-15H2,1-6H3/t19-,26?,27-/m0/s1. The Kier molecular flexibility index (Phi) is 8.91. The van der Waals surface area contributed by atoms with Gasteiger partial charge < -0.3 is 28.4 Å². The second-order valence-corrected chi connectivity index (χ2v) is 9.45. The van der Waals surface area contributed by atoms with Gasteiger partial charge in [-0.2, -0.15) is 0 Å². The molecular weight excluding hydrogens is 502 g/mol. The first-order valence-electron chi connectivity index (χ1n) is 12.8. The van der Waals surface area contributed by atoms with Gasteiger partial charge in [-0.15, -0.1) is 0 Å². The quantitative estimate of drug-likeness (QED) is 0.323. The summed E-state index contributed by atoms with van der Waals surface area (Å²) in [5.74, 6) is 0.108. The number of rotatable bonds is 10. The van der Waals surface area contributed by atoms with E-state index >= 15 is 0 Å². The molecule has 208 valence electrons. The number of Topliss-reactive ketones (excluding diaryl/α,β-unsaturated/α-hetero) is 1. The first-order valence-corrected chi connectivity index (χ1v) is 12.8. The van der Waals surface area contributed by atoms with E-state index in [0.29, 0.717) is 52.0 Å². The maximum atomic E-state index is 13.9. The van der Waals surface area contributed by atoms with Crippen molar-refractivity contribution in [3.63, 3.8) is 0 Å². The van der Waals surface area contributed by atoms with E-state index in [1.165, 1.54) is 7.11 Å². The van der Waals surface area contributed by atoms with E-state index in [1.54, 1.807) is 41.4 Å². The van der Waals surface area contributed by atoms with Crippen LogP contribution < -0.4 is 18.9 Å². The fourth-order valence-corrected chi connectivity index (χ4v) is 5.52. The minimum Gasteiger partial charge on any atom is -0.493 e. The first-order chi connectivity index (χ1) is 18.9. The number of hydrogen-bond acceptors (Lipinski definition) is 9. The van der Waals surface area contributed by atoms with Gasteiger partial charge in [-0.25, -0.2) is 0 Å². The molecule has 2 aliphatic rings. The van der Waals surface area contributed by atoms with Crippen LogP contribution in [0.1, 0.15) is 42.7 Å². The molecule has 1 heterocycles. The van der Waals surface area contributed by atoms with Gasteiger partial charge in [0.25, 0.3) is 0 Å². The molecule has 0 aromatic heterocycles. The summed E-state index contributed by atoms with van der Waals surface area (Å²) in [5, 5.41) is 0. The summed E-state index contributed by atoms with van der Waals surface area (Å²) in [4.78, 5) is 32.2. The van der Waals surface area contributed by atoms with Crippen LogP contribution in [0.4, 0.5) is 0 Å². The van der Waals surface area contributed by atoms with E-state index in [-0.39, 0.29) is 31.3 Å². The lowest BCUT2D eigenvalue weighted by molar-refractivity contribution is -0.147. The van der Waals surface area contributed by atoms with Gasteiger partial charge in [0.1, 0.15) is 12.5 Å². The van der Waals surface area contributed by atoms with Crippen molar-refractivity contribution in [1.29, 1.82) is 0 Å². The highest BCUT2D eigenvalue weighted by Gasteiger charge is 2.46. The Morgan fingerprint density at radius 2 is 1.64 bits per heavy atom. The van der Waals surface area contributed by atoms with E-state index in [1.807, 2.05) is 30.3 Å². The predicted molar refractivity (Wildman–Crippen MR) is 145 cm³/mol. The number of ether oxygens (including phenoxy) is 6. The molecule has 0 saturated heterocycles. The number of carbonyl (C=O) groups is 2. The molecule has 1 aliphatic heterocycles. The van der Waals surface area contributed by atoms with Crippen LogP contribution in [-0.4, -0.2) is 66.2 Å². The van der Waals surface area contributed by atoms with Crippen LogP contribution in [0, 0.1) is 5.92 Å². The van der Waals surface area contributed by atoms with Crippen LogP contribution in [0.15, 0.2) is 52.7 Å². The van der Waals surface area contributed by atoms with Crippen molar-refractivity contribution in [3.05, 3.63) is 58.8 Å². The fraction of sp³-hybridized carbons (Fsp3) is 0.433. The molecule has 1 aliphatic carbocycles. The Hall–Kier alpha value is -3.85. The van der Waals surface area contributed by atoms with E-state index < -0.39 is 17.8 Å². The molecule has 0 radical (unpaired) electrons. The van der Waals surface area contributed by atoms with Crippen LogP contribution in [0.5, 0.6) is 23.0 Å². The molecule has 39 heavy (non-hydrogen) atoms. The number of aliphatic imine (C=N–C) groups is 1. The smallest absolute Gasteiger partial charge is 0.315 e. The summed E-state index contributed by atoms with van der Waals surface area (Å²) in [6, 6.07) is 11.2. The Morgan fingerprint density at radius 1 is 0.897 bits per heavy atom. The monoisotopic (exact) mass is 537 g/mol. The van der Waals surface area contributed by atoms with Crippen molar-refractivity contribution in [2.45, 2.75) is 31.6 Å². The van der Waals surface area contributed by atoms with Crippen LogP contribution >= 0.6 is 0 Å². The SMILES string of the molecule is COCCOC(=O)C1C(C)=NC2=C(C(=O)C[C@@H](c3ccc(OC)c(OC)c3)C2)[C@H]1c1cccc(OC)c1OC. The van der Waals surface area contributed by atoms with Crippen molar-refractivity contribution in [1.82, 2.24) is 0 Å². The third-order valence-electron chi connectivity index (χ3n) is 7.32. The number of para-hydroxylation sites is 1. The number of esters is 1. The zero-order chi connectivity index (χ0) is 28.1. The maximum Gasteiger partial charge on any atom is 0.315 e. The molecule has 2 aromatic carbocycles. The zero-order valence-corrected chi connectivity index (χ0v) is 23.2. The van der Waals surface area contributed by atoms with E-state index in [9.17, 15) is 9.59 Å². The lowest BCUT2D eigenvalue weighted by Crippen LogP contribution is -2.38. The highest BCUT2D eigenvalue weighted by atomic mass is 16.6. The summed E-state index contributed by atoms with van der Waals surface area (Å²) >= 11 is 0. The van der Waals surface area contributed by atoms with E-state index in [4.69, 9.17) is 33.4 Å². The van der Waals surface area contributed by atoms with Crippen molar-refractivity contribution in [2.24, 2.45) is 10.9 Å². The summed E-state index contributed by atoms with van der Waals surface area (Å²) in [7, 11) is 7.80. The number of nitrogens with zero attached hydrogens (tertiary/aromatic N) is 1. The Balaban J connectivity index is 1.81. The van der Waals surface area contributed by atoms with Gasteiger partial charge in [-0.1, -0.05) is 18.2 Å². The first kappa shape index (κ1) is 28.2. The van der Waals surface area contributed by atoms with Crippen LogP contribution in [0.3, 0.4) is 0 Å². The van der Waals surface area contributed by atoms with Crippen LogP contribution in [0.25, 0.3) is 0 Å². The summed E-state index contributed by atoms with van der Waals surface area (Å²) in [6.07, 6.45) is 0.791. The van der Waals surface area contributed by atoms with Crippen LogP contribution in [0.2, 0.25) is 0 Å². The Bertz CT molecular complexity index is 1300. The molecule has 0 bridgehead atoms. The van der Waals surface area contributed by atoms with Crippen molar-refractivity contribution in [2.75, 3.05) is 48.8 Å². The van der Waals surface area contributed by atoms with Crippen molar-refractivity contribution < 1.29 is 38.0 Å². The number of benzene rings is 2. The lowest BCUT2D eigenvalue weighted by atomic mass is 9.69. The van der Waals surface area contributed by atoms with E-state index in [2.05, 4.69) is 0 Å². The second kappa shape index (κ2) is 12.3. The number of allylic oxidation sites excluding steroid dienone is 2. The number of hydrogen-bond donors (Lipinski definition) is 0. The van der Waals surface area contributed by atoms with Gasteiger partial charge in [-0.05, 0) is 43.0 Å². The third kappa shape index (κ3) is 5.49. The number of ketones is 1. The molecule has 0 spiro atoms. The average molecular weight is 538 g/mol. The van der Waals surface area contributed by atoms with Gasteiger partial charge in [0.05, 0.1) is 35.0 Å². The molecule has 0 amide bonds. The van der Waals surface area contributed by atoms with Crippen molar-refractivity contribution in [3.8, 4) is 23.0 Å². The molecule has 1 unspecified atom stereocenters. The summed E-state index contributed by atoms with van der Waals surface area (Å²) in [5.41, 5.74) is 3.38. The number of methoxy groups -OCH3 is 5. The lowest BCUT2D eigenvalue weighted by Gasteiger charge is -2.37. The van der Waals surface area contributed by atoms with Gasteiger partial charge in [0.15, 0.2) is 28.8 Å². The largest absolute Gasteiger partial charge is 0.493 e. The molecule has 2 aromatic rings. The molecule has 4 rings (SSSR count). The van der Waals surface area contributed by atoms with Gasteiger partial charge in [-0.3, -0.25) is 14.6 Å². The Morgan fingerprint density at radius 3 is 2.31 bits per heavy atom. The highest BCUT2D eigenvalue weighted by Crippen LogP contribution is 2.50. The van der Waals surface area contributed by atoms with E-state index in [0.717, 1.165) is 5.56 Å². The summed E-state index contributed by atoms with van der Waals surface area (Å²) < 4.78 is 32.7. The maximum absolute atomic E-state index is 13.9. The minimum atomic E-state index is -0.803. The molecule has 0 N–H and O–H groups in total.